The number of hydrogen-bond acceptors (Lipinski definition) is 5. The summed E-state index contributed by atoms with van der Waals surface area (Å²) in [7, 11) is 7.85. The van der Waals surface area contributed by atoms with Gasteiger partial charge in [0, 0.05) is 24.7 Å². The van der Waals surface area contributed by atoms with E-state index in [2.05, 4.69) is 32.0 Å². The van der Waals surface area contributed by atoms with Crippen LogP contribution in [0.4, 0.5) is 4.39 Å². The number of halogens is 1. The van der Waals surface area contributed by atoms with Gasteiger partial charge in [-0.3, -0.25) is 4.79 Å². The molecule has 0 aliphatic carbocycles. The summed E-state index contributed by atoms with van der Waals surface area (Å²) in [5.41, 5.74) is 5.22. The normalized spacial score (nSPS) is 11.5. The quantitative estimate of drug-likeness (QED) is 0.227. The number of benzene rings is 3. The van der Waals surface area contributed by atoms with Crippen molar-refractivity contribution >= 4 is 11.9 Å². The number of likely N-dealkylation sites (N-methyl/N-ethyl adjacent to an activating group) is 2. The van der Waals surface area contributed by atoms with Crippen LogP contribution in [0.3, 0.4) is 0 Å². The first-order valence-electron chi connectivity index (χ1n) is 12.4. The zero-order chi connectivity index (χ0) is 26.9. The molecule has 3 rings (SSSR count). The first-order chi connectivity index (χ1) is 17.6. The van der Waals surface area contributed by atoms with Gasteiger partial charge < -0.3 is 19.3 Å². The van der Waals surface area contributed by atoms with Crippen molar-refractivity contribution in [2.24, 2.45) is 0 Å². The Labute approximate surface area is 220 Å². The number of aryl methyl sites for hydroxylation is 2. The summed E-state index contributed by atoms with van der Waals surface area (Å²) in [6.07, 6.45) is 3.09. The van der Waals surface area contributed by atoms with Crippen molar-refractivity contribution in [3.63, 3.8) is 0 Å². The molecule has 0 radical (unpaired) electrons. The first kappa shape index (κ1) is 28.1. The zero-order valence-corrected chi connectivity index (χ0v) is 22.7. The highest BCUT2D eigenvalue weighted by Gasteiger charge is 2.12. The molecule has 3 aromatic carbocycles. The fourth-order valence-corrected chi connectivity index (χ4v) is 3.86. The van der Waals surface area contributed by atoms with Crippen LogP contribution in [-0.2, 0) is 0 Å². The maximum absolute atomic E-state index is 14.7. The van der Waals surface area contributed by atoms with Crippen LogP contribution in [0.1, 0.15) is 27.0 Å². The fourth-order valence-electron chi connectivity index (χ4n) is 3.86. The van der Waals surface area contributed by atoms with Crippen molar-refractivity contribution in [3.8, 4) is 22.6 Å². The lowest BCUT2D eigenvalue weighted by Crippen LogP contribution is -2.19. The van der Waals surface area contributed by atoms with Crippen molar-refractivity contribution < 1.29 is 18.7 Å². The summed E-state index contributed by atoms with van der Waals surface area (Å²) in [5.74, 6) is 0.0403. The second-order valence-electron chi connectivity index (χ2n) is 9.77. The van der Waals surface area contributed by atoms with Crippen LogP contribution in [0, 0.1) is 19.7 Å². The van der Waals surface area contributed by atoms with Gasteiger partial charge in [0.25, 0.3) is 0 Å². The lowest BCUT2D eigenvalue weighted by atomic mass is 9.98. The molecule has 0 aromatic heterocycles. The standard InChI is InChI=1S/C31H37FN2O3/c1-22-17-23(2)19-26(18-22)24-8-12-31(37-16-14-34(5)6)25(20-24)7-11-30(35)28-10-9-27(21-29(28)32)36-15-13-33(3)4/h7-12,17-21H,13-16H2,1-6H3. The third-order valence-corrected chi connectivity index (χ3v) is 5.79. The van der Waals surface area contributed by atoms with E-state index in [0.717, 1.165) is 23.2 Å². The monoisotopic (exact) mass is 504 g/mol. The molecule has 0 heterocycles. The smallest absolute Gasteiger partial charge is 0.188 e. The molecule has 196 valence electrons. The second-order valence-corrected chi connectivity index (χ2v) is 9.77. The lowest BCUT2D eigenvalue weighted by molar-refractivity contribution is 0.104. The SMILES string of the molecule is Cc1cc(C)cc(-c2ccc(OCCN(C)C)c(C=CC(=O)c3ccc(OCCN(C)C)cc3F)c2)c1. The number of allylic oxidation sites excluding steroid dienone is 1. The summed E-state index contributed by atoms with van der Waals surface area (Å²) in [5, 5.41) is 0. The van der Waals surface area contributed by atoms with Gasteiger partial charge in [-0.25, -0.2) is 4.39 Å². The van der Waals surface area contributed by atoms with Gasteiger partial charge in [-0.2, -0.15) is 0 Å². The van der Waals surface area contributed by atoms with E-state index in [4.69, 9.17) is 9.47 Å². The number of carbonyl (C=O) groups excluding carboxylic acids is 1. The van der Waals surface area contributed by atoms with E-state index in [9.17, 15) is 9.18 Å². The maximum Gasteiger partial charge on any atom is 0.188 e. The minimum atomic E-state index is -0.608. The van der Waals surface area contributed by atoms with E-state index >= 15 is 0 Å². The Bertz CT molecular complexity index is 1230. The molecule has 0 atom stereocenters. The second kappa shape index (κ2) is 13.2. The predicted molar refractivity (Wildman–Crippen MR) is 149 cm³/mol. The highest BCUT2D eigenvalue weighted by Crippen LogP contribution is 2.29. The summed E-state index contributed by atoms with van der Waals surface area (Å²) >= 11 is 0. The molecule has 6 heteroatoms. The number of ketones is 1. The average Bonchev–Trinajstić information content (AvgIpc) is 2.82. The van der Waals surface area contributed by atoms with E-state index in [1.807, 2.05) is 56.2 Å². The van der Waals surface area contributed by atoms with E-state index in [1.165, 1.54) is 29.3 Å². The predicted octanol–water partition coefficient (Wildman–Crippen LogP) is 5.89. The van der Waals surface area contributed by atoms with Crippen LogP contribution in [0.2, 0.25) is 0 Å². The van der Waals surface area contributed by atoms with Crippen LogP contribution in [0.25, 0.3) is 17.2 Å². The molecule has 0 aliphatic rings. The van der Waals surface area contributed by atoms with Gasteiger partial charge in [0.1, 0.15) is 30.5 Å². The van der Waals surface area contributed by atoms with E-state index in [0.29, 0.717) is 31.3 Å². The van der Waals surface area contributed by atoms with Gasteiger partial charge in [0.05, 0.1) is 5.56 Å². The van der Waals surface area contributed by atoms with Gasteiger partial charge in [0.15, 0.2) is 5.78 Å². The zero-order valence-electron chi connectivity index (χ0n) is 22.7. The number of rotatable bonds is 12. The molecule has 0 bridgehead atoms. The molecule has 0 fully saturated rings. The van der Waals surface area contributed by atoms with Crippen molar-refractivity contribution in [3.05, 3.63) is 88.7 Å². The Kier molecular flexibility index (Phi) is 10.0. The molecule has 0 N–H and O–H groups in total. The molecular weight excluding hydrogens is 467 g/mol. The molecular formula is C31H37FN2O3. The first-order valence-corrected chi connectivity index (χ1v) is 12.4. The minimum Gasteiger partial charge on any atom is -0.492 e. The van der Waals surface area contributed by atoms with Crippen molar-refractivity contribution in [1.82, 2.24) is 9.80 Å². The fraction of sp³-hybridized carbons (Fsp3) is 0.323. The largest absolute Gasteiger partial charge is 0.492 e. The summed E-state index contributed by atoms with van der Waals surface area (Å²) in [6, 6.07) is 16.7. The number of ether oxygens (including phenoxy) is 2. The van der Waals surface area contributed by atoms with Crippen LogP contribution in [-0.4, -0.2) is 70.1 Å². The lowest BCUT2D eigenvalue weighted by Gasteiger charge is -2.14. The Morgan fingerprint density at radius 2 is 1.46 bits per heavy atom. The highest BCUT2D eigenvalue weighted by molar-refractivity contribution is 6.07. The summed E-state index contributed by atoms with van der Waals surface area (Å²) in [4.78, 5) is 16.9. The third-order valence-electron chi connectivity index (χ3n) is 5.79. The van der Waals surface area contributed by atoms with Crippen molar-refractivity contribution in [1.29, 1.82) is 0 Å². The third kappa shape index (κ3) is 8.55. The molecule has 0 spiro atoms. The number of hydrogen-bond donors (Lipinski definition) is 0. The van der Waals surface area contributed by atoms with Crippen molar-refractivity contribution in [2.75, 3.05) is 54.5 Å². The van der Waals surface area contributed by atoms with Crippen LogP contribution in [0.15, 0.2) is 60.7 Å². The molecule has 0 amide bonds. The molecule has 0 aliphatic heterocycles. The van der Waals surface area contributed by atoms with Gasteiger partial charge in [-0.05, 0) is 89.6 Å². The van der Waals surface area contributed by atoms with Gasteiger partial charge in [-0.15, -0.1) is 0 Å². The number of carbonyl (C=O) groups is 1. The van der Waals surface area contributed by atoms with Gasteiger partial charge in [-0.1, -0.05) is 35.4 Å². The molecule has 5 nitrogen and oxygen atoms in total. The highest BCUT2D eigenvalue weighted by atomic mass is 19.1. The number of nitrogens with zero attached hydrogens (tertiary/aromatic N) is 2. The molecule has 37 heavy (non-hydrogen) atoms. The van der Waals surface area contributed by atoms with Crippen molar-refractivity contribution in [2.45, 2.75) is 13.8 Å². The van der Waals surface area contributed by atoms with Gasteiger partial charge in [0.2, 0.25) is 0 Å². The van der Waals surface area contributed by atoms with Crippen LogP contribution >= 0.6 is 0 Å². The Morgan fingerprint density at radius 1 is 0.811 bits per heavy atom. The summed E-state index contributed by atoms with van der Waals surface area (Å²) < 4.78 is 26.3. The average molecular weight is 505 g/mol. The molecule has 0 saturated carbocycles. The van der Waals surface area contributed by atoms with E-state index in [1.54, 1.807) is 12.1 Å². The van der Waals surface area contributed by atoms with Crippen LogP contribution < -0.4 is 9.47 Å². The molecule has 0 saturated heterocycles. The maximum atomic E-state index is 14.7. The minimum absolute atomic E-state index is 0.00301. The van der Waals surface area contributed by atoms with E-state index in [-0.39, 0.29) is 5.56 Å². The molecule has 3 aromatic rings. The Morgan fingerprint density at radius 3 is 2.08 bits per heavy atom. The topological polar surface area (TPSA) is 42.0 Å². The Balaban J connectivity index is 1.85. The van der Waals surface area contributed by atoms with Gasteiger partial charge >= 0.3 is 0 Å². The Hall–Kier alpha value is -3.48. The molecule has 0 unspecified atom stereocenters. The van der Waals surface area contributed by atoms with Crippen LogP contribution in [0.5, 0.6) is 11.5 Å². The van der Waals surface area contributed by atoms with E-state index < -0.39 is 11.6 Å². The summed E-state index contributed by atoms with van der Waals surface area (Å²) in [6.45, 7) is 6.56.